The first-order valence-electron chi connectivity index (χ1n) is 5.12. The molecule has 5 heteroatoms. The van der Waals surface area contributed by atoms with Gasteiger partial charge in [-0.15, -0.1) is 11.3 Å². The predicted octanol–water partition coefficient (Wildman–Crippen LogP) is 2.39. The zero-order valence-corrected chi connectivity index (χ0v) is 10.3. The second-order valence-corrected chi connectivity index (χ2v) is 4.62. The van der Waals surface area contributed by atoms with Crippen LogP contribution in [0.4, 0.5) is 5.13 Å². The van der Waals surface area contributed by atoms with Crippen molar-refractivity contribution in [1.82, 2.24) is 4.98 Å². The Morgan fingerprint density at radius 2 is 1.75 bits per heavy atom. The van der Waals surface area contributed by atoms with Crippen LogP contribution in [0.2, 0.25) is 0 Å². The number of hydrogen-bond acceptors (Lipinski definition) is 5. The van der Waals surface area contributed by atoms with Gasteiger partial charge in [0.25, 0.3) is 0 Å². The summed E-state index contributed by atoms with van der Waals surface area (Å²) >= 11 is 1.62. The van der Waals surface area contributed by atoms with E-state index in [1.807, 2.05) is 18.7 Å². The zero-order chi connectivity index (χ0) is 12.0. The molecule has 16 heavy (non-hydrogen) atoms. The van der Waals surface area contributed by atoms with Crippen molar-refractivity contribution < 1.29 is 0 Å². The topological polar surface area (TPSA) is 63.7 Å². The molecule has 0 N–H and O–H groups in total. The summed E-state index contributed by atoms with van der Waals surface area (Å²) < 4.78 is 0. The number of nitriles is 2. The third-order valence-corrected chi connectivity index (χ3v) is 3.41. The van der Waals surface area contributed by atoms with E-state index >= 15 is 0 Å². The Morgan fingerprint density at radius 1 is 1.19 bits per heavy atom. The van der Waals surface area contributed by atoms with Gasteiger partial charge in [0.05, 0.1) is 30.7 Å². The Balaban J connectivity index is 2.75. The van der Waals surface area contributed by atoms with Gasteiger partial charge >= 0.3 is 0 Å². The van der Waals surface area contributed by atoms with Crippen molar-refractivity contribution in [2.75, 3.05) is 18.0 Å². The standard InChI is InChI=1S/C11H14N4S/c1-9-10(2)16-11(14-9)15(7-3-5-12)8-4-6-13/h3-4,7-8H2,1-2H3. The van der Waals surface area contributed by atoms with Crippen molar-refractivity contribution >= 4 is 16.5 Å². The van der Waals surface area contributed by atoms with Gasteiger partial charge in [0.15, 0.2) is 5.13 Å². The van der Waals surface area contributed by atoms with Gasteiger partial charge in [0.1, 0.15) is 0 Å². The maximum Gasteiger partial charge on any atom is 0.185 e. The lowest BCUT2D eigenvalue weighted by Crippen LogP contribution is -2.25. The summed E-state index contributed by atoms with van der Waals surface area (Å²) in [6.45, 7) is 5.29. The van der Waals surface area contributed by atoms with Crippen LogP contribution in [0.3, 0.4) is 0 Å². The van der Waals surface area contributed by atoms with E-state index in [0.717, 1.165) is 10.8 Å². The highest BCUT2D eigenvalue weighted by Gasteiger charge is 2.11. The molecule has 0 aliphatic heterocycles. The average Bonchev–Trinajstić information content (AvgIpc) is 2.59. The third kappa shape index (κ3) is 3.22. The van der Waals surface area contributed by atoms with E-state index in [2.05, 4.69) is 17.1 Å². The van der Waals surface area contributed by atoms with E-state index < -0.39 is 0 Å². The van der Waals surface area contributed by atoms with Crippen molar-refractivity contribution in [3.05, 3.63) is 10.6 Å². The molecule has 0 bridgehead atoms. The highest BCUT2D eigenvalue weighted by atomic mass is 32.1. The molecule has 0 aromatic carbocycles. The highest BCUT2D eigenvalue weighted by molar-refractivity contribution is 7.15. The molecule has 0 aliphatic carbocycles. The first-order valence-corrected chi connectivity index (χ1v) is 5.93. The molecule has 1 aromatic heterocycles. The molecular weight excluding hydrogens is 220 g/mol. The largest absolute Gasteiger partial charge is 0.346 e. The van der Waals surface area contributed by atoms with Crippen molar-refractivity contribution in [1.29, 1.82) is 10.5 Å². The lowest BCUT2D eigenvalue weighted by Gasteiger charge is -2.18. The molecule has 0 radical (unpaired) electrons. The Bertz CT molecular complexity index is 387. The van der Waals surface area contributed by atoms with E-state index in [1.54, 1.807) is 11.3 Å². The normalized spacial score (nSPS) is 9.50. The number of rotatable bonds is 5. The smallest absolute Gasteiger partial charge is 0.185 e. The summed E-state index contributed by atoms with van der Waals surface area (Å²) in [6, 6.07) is 4.24. The van der Waals surface area contributed by atoms with Gasteiger partial charge in [0, 0.05) is 18.0 Å². The zero-order valence-electron chi connectivity index (χ0n) is 9.53. The fourth-order valence-corrected chi connectivity index (χ4v) is 2.23. The highest BCUT2D eigenvalue weighted by Crippen LogP contribution is 2.25. The van der Waals surface area contributed by atoms with Crippen molar-refractivity contribution in [3.63, 3.8) is 0 Å². The molecule has 1 heterocycles. The molecule has 4 nitrogen and oxygen atoms in total. The molecule has 1 rings (SSSR count). The molecule has 0 saturated heterocycles. The summed E-state index contributed by atoms with van der Waals surface area (Å²) in [7, 11) is 0. The molecule has 0 spiro atoms. The quantitative estimate of drug-likeness (QED) is 0.784. The molecule has 0 unspecified atom stereocenters. The maximum atomic E-state index is 8.59. The number of anilines is 1. The number of aryl methyl sites for hydroxylation is 2. The molecule has 0 amide bonds. The Hall–Kier alpha value is -1.59. The summed E-state index contributed by atoms with van der Waals surface area (Å²) in [5, 5.41) is 18.1. The minimum Gasteiger partial charge on any atom is -0.346 e. The molecule has 0 atom stereocenters. The SMILES string of the molecule is Cc1nc(N(CCC#N)CCC#N)sc1C. The van der Waals surface area contributed by atoms with Crippen molar-refractivity contribution in [2.24, 2.45) is 0 Å². The minimum absolute atomic E-state index is 0.461. The van der Waals surface area contributed by atoms with E-state index in [9.17, 15) is 0 Å². The van der Waals surface area contributed by atoms with Gasteiger partial charge in [-0.3, -0.25) is 0 Å². The van der Waals surface area contributed by atoms with Crippen LogP contribution in [0.25, 0.3) is 0 Å². The van der Waals surface area contributed by atoms with E-state index in [0.29, 0.717) is 25.9 Å². The van der Waals surface area contributed by atoms with Crippen LogP contribution in [0.5, 0.6) is 0 Å². The van der Waals surface area contributed by atoms with Crippen LogP contribution >= 0.6 is 11.3 Å². The molecule has 0 aliphatic rings. The van der Waals surface area contributed by atoms with Gasteiger partial charge < -0.3 is 4.90 Å². The Labute approximate surface area is 99.8 Å². The van der Waals surface area contributed by atoms with Gasteiger partial charge in [0.2, 0.25) is 0 Å². The third-order valence-electron chi connectivity index (χ3n) is 2.27. The van der Waals surface area contributed by atoms with Crippen LogP contribution < -0.4 is 4.90 Å². The van der Waals surface area contributed by atoms with Crippen molar-refractivity contribution in [2.45, 2.75) is 26.7 Å². The number of nitrogens with zero attached hydrogens (tertiary/aromatic N) is 4. The minimum atomic E-state index is 0.461. The van der Waals surface area contributed by atoms with Gasteiger partial charge in [-0.25, -0.2) is 4.98 Å². The van der Waals surface area contributed by atoms with Crippen LogP contribution in [-0.4, -0.2) is 18.1 Å². The second-order valence-electron chi connectivity index (χ2n) is 3.44. The van der Waals surface area contributed by atoms with Gasteiger partial charge in [-0.05, 0) is 13.8 Å². The monoisotopic (exact) mass is 234 g/mol. The summed E-state index contributed by atoms with van der Waals surface area (Å²) in [5.74, 6) is 0. The van der Waals surface area contributed by atoms with E-state index in [4.69, 9.17) is 10.5 Å². The predicted molar refractivity (Wildman–Crippen MR) is 64.3 cm³/mol. The lowest BCUT2D eigenvalue weighted by atomic mass is 10.3. The summed E-state index contributed by atoms with van der Waals surface area (Å²) in [4.78, 5) is 7.64. The maximum absolute atomic E-state index is 8.59. The molecular formula is C11H14N4S. The average molecular weight is 234 g/mol. The van der Waals surface area contributed by atoms with Crippen molar-refractivity contribution in [3.8, 4) is 12.1 Å². The second kappa shape index (κ2) is 6.09. The number of hydrogen-bond donors (Lipinski definition) is 0. The van der Waals surface area contributed by atoms with Crippen LogP contribution in [0.15, 0.2) is 0 Å². The molecule has 1 aromatic rings. The van der Waals surface area contributed by atoms with Gasteiger partial charge in [-0.2, -0.15) is 10.5 Å². The fraction of sp³-hybridized carbons (Fsp3) is 0.545. The summed E-state index contributed by atoms with van der Waals surface area (Å²) in [5.41, 5.74) is 1.03. The number of thiazole rings is 1. The molecule has 0 saturated carbocycles. The van der Waals surface area contributed by atoms with Crippen LogP contribution in [0, 0.1) is 36.5 Å². The fourth-order valence-electron chi connectivity index (χ4n) is 1.26. The first kappa shape index (κ1) is 12.5. The van der Waals surface area contributed by atoms with Crippen LogP contribution in [0.1, 0.15) is 23.4 Å². The molecule has 0 fully saturated rings. The molecule has 84 valence electrons. The first-order chi connectivity index (χ1) is 7.69. The summed E-state index contributed by atoms with van der Waals surface area (Å²) in [6.07, 6.45) is 0.923. The van der Waals surface area contributed by atoms with Crippen LogP contribution in [-0.2, 0) is 0 Å². The van der Waals surface area contributed by atoms with Gasteiger partial charge in [-0.1, -0.05) is 0 Å². The lowest BCUT2D eigenvalue weighted by molar-refractivity contribution is 0.791. The van der Waals surface area contributed by atoms with E-state index in [1.165, 1.54) is 4.88 Å². The number of aromatic nitrogens is 1. The Morgan fingerprint density at radius 3 is 2.12 bits per heavy atom. The van der Waals surface area contributed by atoms with E-state index in [-0.39, 0.29) is 0 Å². The Kier molecular flexibility index (Phi) is 4.75.